The molecule has 154 valence electrons. The summed E-state index contributed by atoms with van der Waals surface area (Å²) in [6, 6.07) is 8.26. The number of anilines is 3. The topological polar surface area (TPSA) is 61.8 Å². The van der Waals surface area contributed by atoms with Gasteiger partial charge in [0.25, 0.3) is 0 Å². The molecular formula is C22H29N5O2. The summed E-state index contributed by atoms with van der Waals surface area (Å²) in [5.74, 6) is 1.37. The number of rotatable bonds is 4. The molecule has 7 nitrogen and oxygen atoms in total. The number of hydrogen-bond acceptors (Lipinski definition) is 5. The van der Waals surface area contributed by atoms with E-state index >= 15 is 0 Å². The maximum Gasteiger partial charge on any atom is 0.330 e. The van der Waals surface area contributed by atoms with Crippen LogP contribution in [0.1, 0.15) is 36.8 Å². The fraction of sp³-hybridized carbons (Fsp3) is 0.500. The molecule has 2 amide bonds. The van der Waals surface area contributed by atoms with E-state index < -0.39 is 0 Å². The van der Waals surface area contributed by atoms with Crippen molar-refractivity contribution < 1.29 is 9.53 Å². The van der Waals surface area contributed by atoms with Crippen molar-refractivity contribution in [2.24, 2.45) is 0 Å². The quantitative estimate of drug-likeness (QED) is 0.789. The minimum atomic E-state index is -0.0697. The van der Waals surface area contributed by atoms with E-state index in [0.717, 1.165) is 42.5 Å². The van der Waals surface area contributed by atoms with Gasteiger partial charge in [0, 0.05) is 44.7 Å². The van der Waals surface area contributed by atoms with Crippen LogP contribution in [-0.4, -0.2) is 49.4 Å². The summed E-state index contributed by atoms with van der Waals surface area (Å²) in [6.07, 6.45) is 6.46. The van der Waals surface area contributed by atoms with Gasteiger partial charge in [-0.05, 0) is 44.2 Å². The lowest BCUT2D eigenvalue weighted by Crippen LogP contribution is -2.46. The SMILES string of the molecule is COC1CCC(N(C)c2ncc3c(n2)N(C)C(=O)N(c2ccccc2C)C3)CC1. The van der Waals surface area contributed by atoms with Crippen molar-refractivity contribution in [2.75, 3.05) is 35.9 Å². The number of aryl methyl sites for hydroxylation is 1. The van der Waals surface area contributed by atoms with Crippen molar-refractivity contribution in [1.82, 2.24) is 9.97 Å². The van der Waals surface area contributed by atoms with Gasteiger partial charge < -0.3 is 9.64 Å². The lowest BCUT2D eigenvalue weighted by Gasteiger charge is -2.37. The number of benzene rings is 1. The van der Waals surface area contributed by atoms with Crippen molar-refractivity contribution in [3.8, 4) is 0 Å². The summed E-state index contributed by atoms with van der Waals surface area (Å²) in [5, 5.41) is 0. The number of ether oxygens (including phenoxy) is 1. The smallest absolute Gasteiger partial charge is 0.330 e. The molecule has 7 heteroatoms. The number of carbonyl (C=O) groups is 1. The highest BCUT2D eigenvalue weighted by molar-refractivity contribution is 6.05. The first-order valence-corrected chi connectivity index (χ1v) is 10.2. The Hall–Kier alpha value is -2.67. The molecule has 1 saturated carbocycles. The standard InChI is InChI=1S/C22H29N5O2/c1-15-7-5-6-8-19(15)27-14-16-13-23-21(24-20(16)26(3)22(27)28)25(2)17-9-11-18(29-4)12-10-17/h5-8,13,17-18H,9-12,14H2,1-4H3. The van der Waals surface area contributed by atoms with Crippen LogP contribution in [0, 0.1) is 6.92 Å². The number of fused-ring (bicyclic) bond motifs is 1. The predicted molar refractivity (Wildman–Crippen MR) is 115 cm³/mol. The molecule has 1 aliphatic heterocycles. The average molecular weight is 396 g/mol. The zero-order valence-electron chi connectivity index (χ0n) is 17.6. The van der Waals surface area contributed by atoms with Crippen LogP contribution in [0.15, 0.2) is 30.5 Å². The maximum atomic E-state index is 13.1. The molecule has 0 unspecified atom stereocenters. The highest BCUT2D eigenvalue weighted by atomic mass is 16.5. The Morgan fingerprint density at radius 2 is 1.90 bits per heavy atom. The van der Waals surface area contributed by atoms with E-state index in [1.165, 1.54) is 0 Å². The normalized spacial score (nSPS) is 21.9. The van der Waals surface area contributed by atoms with Crippen molar-refractivity contribution >= 4 is 23.5 Å². The van der Waals surface area contributed by atoms with Crippen molar-refractivity contribution in [1.29, 1.82) is 0 Å². The second-order valence-corrected chi connectivity index (χ2v) is 8.01. The Morgan fingerprint density at radius 3 is 2.59 bits per heavy atom. The number of nitrogens with zero attached hydrogens (tertiary/aromatic N) is 5. The molecule has 2 heterocycles. The molecule has 0 N–H and O–H groups in total. The van der Waals surface area contributed by atoms with Gasteiger partial charge in [0.05, 0.1) is 12.6 Å². The Morgan fingerprint density at radius 1 is 1.17 bits per heavy atom. The minimum absolute atomic E-state index is 0.0697. The summed E-state index contributed by atoms with van der Waals surface area (Å²) in [5.41, 5.74) is 2.95. The largest absolute Gasteiger partial charge is 0.381 e. The highest BCUT2D eigenvalue weighted by Crippen LogP contribution is 2.33. The van der Waals surface area contributed by atoms with E-state index in [1.807, 2.05) is 44.4 Å². The van der Waals surface area contributed by atoms with Gasteiger partial charge in [0.1, 0.15) is 5.82 Å². The molecule has 1 fully saturated rings. The van der Waals surface area contributed by atoms with Crippen LogP contribution in [-0.2, 0) is 11.3 Å². The summed E-state index contributed by atoms with van der Waals surface area (Å²) < 4.78 is 5.48. The number of aromatic nitrogens is 2. The maximum absolute atomic E-state index is 13.1. The van der Waals surface area contributed by atoms with Crippen molar-refractivity contribution in [3.05, 3.63) is 41.6 Å². The Kier molecular flexibility index (Phi) is 5.41. The van der Waals surface area contributed by atoms with Gasteiger partial charge in [-0.15, -0.1) is 0 Å². The van der Waals surface area contributed by atoms with Crippen LogP contribution in [0.4, 0.5) is 22.2 Å². The van der Waals surface area contributed by atoms with Crippen molar-refractivity contribution in [3.63, 3.8) is 0 Å². The van der Waals surface area contributed by atoms with Gasteiger partial charge >= 0.3 is 6.03 Å². The number of carbonyl (C=O) groups excluding carboxylic acids is 1. The molecule has 0 spiro atoms. The number of amides is 2. The van der Waals surface area contributed by atoms with Crippen LogP contribution in [0.2, 0.25) is 0 Å². The van der Waals surface area contributed by atoms with E-state index in [2.05, 4.69) is 9.88 Å². The lowest BCUT2D eigenvalue weighted by atomic mass is 9.92. The molecule has 4 rings (SSSR count). The van der Waals surface area contributed by atoms with Gasteiger partial charge in [0.2, 0.25) is 5.95 Å². The minimum Gasteiger partial charge on any atom is -0.381 e. The van der Waals surface area contributed by atoms with Crippen LogP contribution < -0.4 is 14.7 Å². The van der Waals surface area contributed by atoms with Crippen LogP contribution in [0.3, 0.4) is 0 Å². The van der Waals surface area contributed by atoms with Gasteiger partial charge in [-0.3, -0.25) is 9.80 Å². The predicted octanol–water partition coefficient (Wildman–Crippen LogP) is 3.76. The molecule has 0 radical (unpaired) electrons. The monoisotopic (exact) mass is 395 g/mol. The molecule has 0 saturated heterocycles. The van der Waals surface area contributed by atoms with Gasteiger partial charge in [-0.25, -0.2) is 9.78 Å². The fourth-order valence-electron chi connectivity index (χ4n) is 4.36. The zero-order valence-corrected chi connectivity index (χ0v) is 17.6. The first kappa shape index (κ1) is 19.6. The second kappa shape index (κ2) is 7.99. The first-order valence-electron chi connectivity index (χ1n) is 10.2. The highest BCUT2D eigenvalue weighted by Gasteiger charge is 2.32. The Balaban J connectivity index is 1.57. The molecule has 0 atom stereocenters. The van der Waals surface area contributed by atoms with E-state index in [4.69, 9.17) is 9.72 Å². The number of urea groups is 1. The van der Waals surface area contributed by atoms with Crippen molar-refractivity contribution in [2.45, 2.75) is 51.3 Å². The van der Waals surface area contributed by atoms with Crippen LogP contribution >= 0.6 is 0 Å². The van der Waals surface area contributed by atoms with Gasteiger partial charge in [-0.1, -0.05) is 18.2 Å². The Labute approximate surface area is 172 Å². The van der Waals surface area contributed by atoms with Crippen LogP contribution in [0.5, 0.6) is 0 Å². The molecule has 1 aromatic heterocycles. The Bertz CT molecular complexity index is 895. The molecular weight excluding hydrogens is 366 g/mol. The van der Waals surface area contributed by atoms with E-state index in [1.54, 1.807) is 24.0 Å². The van der Waals surface area contributed by atoms with E-state index in [0.29, 0.717) is 30.5 Å². The van der Waals surface area contributed by atoms with Gasteiger partial charge in [0.15, 0.2) is 0 Å². The summed E-state index contributed by atoms with van der Waals surface area (Å²) in [6.45, 7) is 2.50. The third kappa shape index (κ3) is 3.67. The molecule has 1 aromatic carbocycles. The zero-order chi connectivity index (χ0) is 20.5. The van der Waals surface area contributed by atoms with E-state index in [-0.39, 0.29) is 6.03 Å². The number of hydrogen-bond donors (Lipinski definition) is 0. The molecule has 29 heavy (non-hydrogen) atoms. The molecule has 1 aliphatic carbocycles. The third-order valence-corrected chi connectivity index (χ3v) is 6.24. The first-order chi connectivity index (χ1) is 14.0. The second-order valence-electron chi connectivity index (χ2n) is 8.01. The van der Waals surface area contributed by atoms with Crippen LogP contribution in [0.25, 0.3) is 0 Å². The fourth-order valence-corrected chi connectivity index (χ4v) is 4.36. The molecule has 2 aliphatic rings. The molecule has 0 bridgehead atoms. The third-order valence-electron chi connectivity index (χ3n) is 6.24. The lowest BCUT2D eigenvalue weighted by molar-refractivity contribution is 0.0659. The van der Waals surface area contributed by atoms with Gasteiger partial charge in [-0.2, -0.15) is 4.98 Å². The summed E-state index contributed by atoms with van der Waals surface area (Å²) >= 11 is 0. The molecule has 2 aromatic rings. The number of methoxy groups -OCH3 is 1. The van der Waals surface area contributed by atoms with E-state index in [9.17, 15) is 4.79 Å². The summed E-state index contributed by atoms with van der Waals surface area (Å²) in [7, 11) is 5.62. The average Bonchev–Trinajstić information content (AvgIpc) is 2.76. The number of para-hydroxylation sites is 1. The summed E-state index contributed by atoms with van der Waals surface area (Å²) in [4.78, 5) is 28.0.